The fraction of sp³-hybridized carbons (Fsp3) is 0.529. The molecule has 2 amide bonds. The van der Waals surface area contributed by atoms with Gasteiger partial charge in [-0.25, -0.2) is 9.69 Å². The monoisotopic (exact) mass is 343 g/mol. The average Bonchev–Trinajstić information content (AvgIpc) is 2.76. The summed E-state index contributed by atoms with van der Waals surface area (Å²) in [5, 5.41) is 0. The normalized spacial score (nSPS) is 21.9. The maximum absolute atomic E-state index is 13.7. The van der Waals surface area contributed by atoms with E-state index in [-0.39, 0.29) is 6.54 Å². The van der Waals surface area contributed by atoms with Gasteiger partial charge >= 0.3 is 12.3 Å². The number of likely N-dealkylation sites (tertiary alicyclic amines) is 1. The van der Waals surface area contributed by atoms with Crippen LogP contribution in [-0.2, 0) is 16.0 Å². The lowest BCUT2D eigenvalue weighted by atomic mass is 9.79. The largest absolute Gasteiger partial charge is 0.443 e. The van der Waals surface area contributed by atoms with Crippen LogP contribution in [0.5, 0.6) is 0 Å². The van der Waals surface area contributed by atoms with Gasteiger partial charge < -0.3 is 4.74 Å². The van der Waals surface area contributed by atoms with Crippen LogP contribution in [0.2, 0.25) is 0 Å². The number of nitrogens with zero attached hydrogens (tertiary/aromatic N) is 1. The van der Waals surface area contributed by atoms with E-state index in [1.807, 2.05) is 0 Å². The molecule has 24 heavy (non-hydrogen) atoms. The van der Waals surface area contributed by atoms with E-state index in [9.17, 15) is 22.8 Å². The van der Waals surface area contributed by atoms with Crippen LogP contribution in [-0.4, -0.2) is 35.2 Å². The van der Waals surface area contributed by atoms with E-state index in [2.05, 4.69) is 0 Å². The lowest BCUT2D eigenvalue weighted by molar-refractivity contribution is -0.218. The Bertz CT molecular complexity index is 622. The first-order chi connectivity index (χ1) is 11.0. The van der Waals surface area contributed by atoms with Gasteiger partial charge in [-0.1, -0.05) is 30.3 Å². The molecule has 1 aromatic carbocycles. The number of ether oxygens (including phenoxy) is 1. The first-order valence-electron chi connectivity index (χ1n) is 7.62. The van der Waals surface area contributed by atoms with E-state index in [1.54, 1.807) is 39.0 Å². The fourth-order valence-corrected chi connectivity index (χ4v) is 2.73. The zero-order valence-corrected chi connectivity index (χ0v) is 13.8. The number of hydrogen-bond donors (Lipinski definition) is 0. The lowest BCUT2D eigenvalue weighted by Crippen LogP contribution is -2.49. The second-order valence-corrected chi connectivity index (χ2v) is 6.93. The molecule has 0 N–H and O–H groups in total. The van der Waals surface area contributed by atoms with Crippen molar-refractivity contribution in [3.63, 3.8) is 0 Å². The summed E-state index contributed by atoms with van der Waals surface area (Å²) in [4.78, 5) is 25.1. The second-order valence-electron chi connectivity index (χ2n) is 6.93. The molecule has 1 unspecified atom stereocenters. The first-order valence-corrected chi connectivity index (χ1v) is 7.62. The van der Waals surface area contributed by atoms with Crippen molar-refractivity contribution >= 4 is 12.0 Å². The van der Waals surface area contributed by atoms with Crippen LogP contribution in [0, 0.1) is 5.41 Å². The van der Waals surface area contributed by atoms with Crippen molar-refractivity contribution in [2.45, 2.75) is 45.4 Å². The van der Waals surface area contributed by atoms with Crippen LogP contribution in [0.15, 0.2) is 30.3 Å². The molecule has 0 saturated carbocycles. The highest BCUT2D eigenvalue weighted by Gasteiger charge is 2.65. The van der Waals surface area contributed by atoms with Gasteiger partial charge in [0.1, 0.15) is 5.60 Å². The number of halogens is 3. The maximum Gasteiger partial charge on any atom is 0.417 e. The average molecular weight is 343 g/mol. The van der Waals surface area contributed by atoms with E-state index in [4.69, 9.17) is 4.74 Å². The number of amides is 2. The molecular weight excluding hydrogens is 323 g/mol. The summed E-state index contributed by atoms with van der Waals surface area (Å²) in [7, 11) is 0. The van der Waals surface area contributed by atoms with Crippen LogP contribution in [0.3, 0.4) is 0 Å². The molecule has 1 atom stereocenters. The Morgan fingerprint density at radius 3 is 2.29 bits per heavy atom. The van der Waals surface area contributed by atoms with Gasteiger partial charge in [0.25, 0.3) is 0 Å². The summed E-state index contributed by atoms with van der Waals surface area (Å²) in [5.41, 5.74) is -3.08. The molecule has 1 heterocycles. The lowest BCUT2D eigenvalue weighted by Gasteiger charge is -2.30. The van der Waals surface area contributed by atoms with E-state index >= 15 is 0 Å². The van der Waals surface area contributed by atoms with Crippen molar-refractivity contribution in [2.24, 2.45) is 5.41 Å². The number of carbonyl (C=O) groups excluding carboxylic acids is 2. The highest BCUT2D eigenvalue weighted by Crippen LogP contribution is 2.48. The van der Waals surface area contributed by atoms with Crippen LogP contribution >= 0.6 is 0 Å². The van der Waals surface area contributed by atoms with Gasteiger partial charge in [0.15, 0.2) is 5.41 Å². The Labute approximate surface area is 138 Å². The Kier molecular flexibility index (Phi) is 4.65. The van der Waals surface area contributed by atoms with Gasteiger partial charge in [-0.15, -0.1) is 0 Å². The predicted molar refractivity (Wildman–Crippen MR) is 81.2 cm³/mol. The number of rotatable bonds is 2. The molecule has 0 spiro atoms. The molecule has 0 aliphatic carbocycles. The SMILES string of the molecule is CC(C)(C)OC(=O)N1CCC(Cc2ccccc2)(C(F)(F)F)C1=O. The minimum atomic E-state index is -4.75. The summed E-state index contributed by atoms with van der Waals surface area (Å²) < 4.78 is 46.2. The maximum atomic E-state index is 13.7. The van der Waals surface area contributed by atoms with Crippen molar-refractivity contribution in [3.05, 3.63) is 35.9 Å². The molecule has 4 nitrogen and oxygen atoms in total. The molecule has 0 radical (unpaired) electrons. The summed E-state index contributed by atoms with van der Waals surface area (Å²) >= 11 is 0. The van der Waals surface area contributed by atoms with Gasteiger partial charge in [-0.3, -0.25) is 4.79 Å². The Morgan fingerprint density at radius 2 is 1.79 bits per heavy atom. The highest BCUT2D eigenvalue weighted by atomic mass is 19.4. The zero-order valence-electron chi connectivity index (χ0n) is 13.8. The quantitative estimate of drug-likeness (QED) is 0.817. The number of hydrogen-bond acceptors (Lipinski definition) is 3. The number of imide groups is 1. The first kappa shape index (κ1) is 18.3. The van der Waals surface area contributed by atoms with Crippen LogP contribution in [0.25, 0.3) is 0 Å². The Morgan fingerprint density at radius 1 is 1.21 bits per heavy atom. The third-order valence-corrected chi connectivity index (χ3v) is 3.92. The minimum Gasteiger partial charge on any atom is -0.443 e. The molecule has 1 aliphatic heterocycles. The van der Waals surface area contributed by atoms with Gasteiger partial charge in [0.05, 0.1) is 0 Å². The van der Waals surface area contributed by atoms with Gasteiger partial charge in [0.2, 0.25) is 5.91 Å². The molecule has 2 rings (SSSR count). The highest BCUT2D eigenvalue weighted by molar-refractivity contribution is 5.98. The van der Waals surface area contributed by atoms with Crippen molar-refractivity contribution in [1.82, 2.24) is 4.90 Å². The van der Waals surface area contributed by atoms with Crippen LogP contribution < -0.4 is 0 Å². The minimum absolute atomic E-state index is 0.305. The number of alkyl halides is 3. The molecule has 1 aromatic rings. The van der Waals surface area contributed by atoms with Crippen molar-refractivity contribution in [1.29, 1.82) is 0 Å². The molecule has 1 fully saturated rings. The Hall–Kier alpha value is -2.05. The number of carbonyl (C=O) groups is 2. The molecule has 0 aromatic heterocycles. The third-order valence-electron chi connectivity index (χ3n) is 3.92. The van der Waals surface area contributed by atoms with E-state index in [1.165, 1.54) is 12.1 Å². The molecule has 1 aliphatic rings. The van der Waals surface area contributed by atoms with Gasteiger partial charge in [0, 0.05) is 6.54 Å². The standard InChI is InChI=1S/C17H20F3NO3/c1-15(2,3)24-14(23)21-10-9-16(13(21)22,17(18,19)20)11-12-7-5-4-6-8-12/h4-8H,9-11H2,1-3H3. The topological polar surface area (TPSA) is 46.6 Å². The van der Waals surface area contributed by atoms with E-state index in [0.29, 0.717) is 10.5 Å². The summed E-state index contributed by atoms with van der Waals surface area (Å²) in [6.07, 6.45) is -6.75. The predicted octanol–water partition coefficient (Wildman–Crippen LogP) is 3.95. The zero-order chi connectivity index (χ0) is 18.2. The molecule has 7 heteroatoms. The van der Waals surface area contributed by atoms with E-state index < -0.39 is 42.0 Å². The molecule has 132 valence electrons. The van der Waals surface area contributed by atoms with Crippen molar-refractivity contribution < 1.29 is 27.5 Å². The van der Waals surface area contributed by atoms with Crippen molar-refractivity contribution in [3.8, 4) is 0 Å². The van der Waals surface area contributed by atoms with Crippen LogP contribution in [0.1, 0.15) is 32.8 Å². The fourth-order valence-electron chi connectivity index (χ4n) is 2.73. The molecule has 0 bridgehead atoms. The summed E-state index contributed by atoms with van der Waals surface area (Å²) in [6.45, 7) is 4.46. The molecular formula is C17H20F3NO3. The van der Waals surface area contributed by atoms with Gasteiger partial charge in [-0.2, -0.15) is 13.2 Å². The van der Waals surface area contributed by atoms with E-state index in [0.717, 1.165) is 0 Å². The van der Waals surface area contributed by atoms with Crippen molar-refractivity contribution in [2.75, 3.05) is 6.54 Å². The number of benzene rings is 1. The summed E-state index contributed by atoms with van der Waals surface area (Å²) in [5.74, 6) is -1.24. The third kappa shape index (κ3) is 3.55. The smallest absolute Gasteiger partial charge is 0.417 e. The second kappa shape index (κ2) is 6.11. The molecule has 1 saturated heterocycles. The Balaban J connectivity index is 2.30. The van der Waals surface area contributed by atoms with Crippen LogP contribution in [0.4, 0.5) is 18.0 Å². The summed E-state index contributed by atoms with van der Waals surface area (Å²) in [6, 6.07) is 8.00. The van der Waals surface area contributed by atoms with Gasteiger partial charge in [-0.05, 0) is 39.2 Å².